The lowest BCUT2D eigenvalue weighted by molar-refractivity contribution is -0.390. The number of hydrogen-bond acceptors (Lipinski definition) is 5. The number of ether oxygens (including phenoxy) is 1. The van der Waals surface area contributed by atoms with Crippen LogP contribution in [0, 0.1) is 16.0 Å². The Morgan fingerprint density at radius 3 is 3.00 bits per heavy atom. The van der Waals surface area contributed by atoms with Crippen molar-refractivity contribution in [3.8, 4) is 5.75 Å². The van der Waals surface area contributed by atoms with Crippen molar-refractivity contribution in [3.05, 3.63) is 16.3 Å². The van der Waals surface area contributed by atoms with E-state index >= 15 is 0 Å². The summed E-state index contributed by atoms with van der Waals surface area (Å²) in [6.45, 7) is 2.49. The SMILES string of the molecule is O=[N+]([O-])c1[nH]ncc1OCC1CCNCC1. The number of rotatable bonds is 4. The fraction of sp³-hybridized carbons (Fsp3) is 0.667. The second-order valence-corrected chi connectivity index (χ2v) is 3.84. The molecule has 0 unspecified atom stereocenters. The summed E-state index contributed by atoms with van der Waals surface area (Å²) in [4.78, 5) is 10.1. The number of hydrogen-bond donors (Lipinski definition) is 2. The van der Waals surface area contributed by atoms with Crippen LogP contribution in [0.25, 0.3) is 0 Å². The number of nitro groups is 1. The molecule has 1 aromatic rings. The molecule has 0 aromatic carbocycles. The van der Waals surface area contributed by atoms with Crippen LogP contribution >= 0.6 is 0 Å². The third-order valence-corrected chi connectivity index (χ3v) is 2.70. The Labute approximate surface area is 92.3 Å². The van der Waals surface area contributed by atoms with E-state index in [2.05, 4.69) is 15.5 Å². The maximum atomic E-state index is 10.6. The highest BCUT2D eigenvalue weighted by Crippen LogP contribution is 2.24. The van der Waals surface area contributed by atoms with Crippen molar-refractivity contribution in [1.82, 2.24) is 15.5 Å². The highest BCUT2D eigenvalue weighted by atomic mass is 16.6. The first-order valence-electron chi connectivity index (χ1n) is 5.28. The van der Waals surface area contributed by atoms with E-state index in [9.17, 15) is 10.1 Å². The third kappa shape index (κ3) is 2.48. The van der Waals surface area contributed by atoms with E-state index < -0.39 is 4.92 Å². The number of nitrogens with one attached hydrogen (secondary N) is 2. The molecule has 1 aromatic heterocycles. The summed E-state index contributed by atoms with van der Waals surface area (Å²) in [5, 5.41) is 19.7. The number of aromatic nitrogens is 2. The lowest BCUT2D eigenvalue weighted by atomic mass is 9.99. The van der Waals surface area contributed by atoms with Gasteiger partial charge in [0.15, 0.2) is 0 Å². The zero-order valence-electron chi connectivity index (χ0n) is 8.81. The van der Waals surface area contributed by atoms with Gasteiger partial charge in [0.25, 0.3) is 0 Å². The summed E-state index contributed by atoms with van der Waals surface area (Å²) in [5.41, 5.74) is 0. The van der Waals surface area contributed by atoms with Crippen LogP contribution in [0.1, 0.15) is 12.8 Å². The van der Waals surface area contributed by atoms with E-state index in [1.165, 1.54) is 6.20 Å². The van der Waals surface area contributed by atoms with Gasteiger partial charge < -0.3 is 20.2 Å². The Hall–Kier alpha value is -1.63. The summed E-state index contributed by atoms with van der Waals surface area (Å²) < 4.78 is 5.41. The smallest absolute Gasteiger partial charge is 0.385 e. The first-order chi connectivity index (χ1) is 7.77. The standard InChI is InChI=1S/C9H14N4O3/c14-13(15)9-8(5-11-12-9)16-6-7-1-3-10-4-2-7/h5,7,10H,1-4,6H2,(H,11,12). The van der Waals surface area contributed by atoms with Gasteiger partial charge in [0.1, 0.15) is 6.20 Å². The highest BCUT2D eigenvalue weighted by Gasteiger charge is 2.19. The normalized spacial score (nSPS) is 17.2. The van der Waals surface area contributed by atoms with Crippen LogP contribution in [0.15, 0.2) is 6.20 Å². The Kier molecular flexibility index (Phi) is 3.35. The predicted octanol–water partition coefficient (Wildman–Crippen LogP) is 0.696. The van der Waals surface area contributed by atoms with E-state index in [0.29, 0.717) is 12.5 Å². The molecule has 7 nitrogen and oxygen atoms in total. The van der Waals surface area contributed by atoms with Crippen LogP contribution in [0.2, 0.25) is 0 Å². The molecule has 1 saturated heterocycles. The minimum atomic E-state index is -0.523. The van der Waals surface area contributed by atoms with E-state index in [1.54, 1.807) is 0 Å². The second kappa shape index (κ2) is 4.93. The van der Waals surface area contributed by atoms with Gasteiger partial charge in [-0.15, -0.1) is 5.10 Å². The number of aromatic amines is 1. The predicted molar refractivity (Wildman–Crippen MR) is 56.3 cm³/mol. The number of H-pyrrole nitrogens is 1. The van der Waals surface area contributed by atoms with Crippen molar-refractivity contribution >= 4 is 5.82 Å². The van der Waals surface area contributed by atoms with Crippen LogP contribution in [0.4, 0.5) is 5.82 Å². The summed E-state index contributed by atoms with van der Waals surface area (Å²) in [7, 11) is 0. The topological polar surface area (TPSA) is 93.1 Å². The van der Waals surface area contributed by atoms with E-state index in [0.717, 1.165) is 25.9 Å². The van der Waals surface area contributed by atoms with Crippen molar-refractivity contribution in [2.75, 3.05) is 19.7 Å². The summed E-state index contributed by atoms with van der Waals surface area (Å²) >= 11 is 0. The molecule has 0 aliphatic carbocycles. The Morgan fingerprint density at radius 1 is 1.56 bits per heavy atom. The van der Waals surface area contributed by atoms with Crippen molar-refractivity contribution in [3.63, 3.8) is 0 Å². The lowest BCUT2D eigenvalue weighted by Gasteiger charge is -2.21. The van der Waals surface area contributed by atoms with Crippen LogP contribution < -0.4 is 10.1 Å². The van der Waals surface area contributed by atoms with Crippen LogP contribution in [-0.2, 0) is 0 Å². The zero-order valence-corrected chi connectivity index (χ0v) is 8.81. The molecule has 2 rings (SSSR count). The van der Waals surface area contributed by atoms with Gasteiger partial charge in [0.05, 0.1) is 6.61 Å². The average molecular weight is 226 g/mol. The van der Waals surface area contributed by atoms with Crippen LogP contribution in [0.5, 0.6) is 5.75 Å². The first kappa shape index (κ1) is 10.9. The quantitative estimate of drug-likeness (QED) is 0.582. The van der Waals surface area contributed by atoms with Gasteiger partial charge in [0.2, 0.25) is 5.75 Å². The molecule has 2 heterocycles. The van der Waals surface area contributed by atoms with Gasteiger partial charge in [-0.05, 0) is 36.8 Å². The van der Waals surface area contributed by atoms with Crippen molar-refractivity contribution in [2.45, 2.75) is 12.8 Å². The van der Waals surface area contributed by atoms with Crippen molar-refractivity contribution in [2.24, 2.45) is 5.92 Å². The molecular formula is C9H14N4O3. The van der Waals surface area contributed by atoms with Gasteiger partial charge >= 0.3 is 5.82 Å². The minimum absolute atomic E-state index is 0.172. The van der Waals surface area contributed by atoms with Gasteiger partial charge in [-0.2, -0.15) is 0 Å². The second-order valence-electron chi connectivity index (χ2n) is 3.84. The number of piperidine rings is 1. The summed E-state index contributed by atoms with van der Waals surface area (Å²) in [5.74, 6) is 0.522. The monoisotopic (exact) mass is 226 g/mol. The molecule has 0 saturated carbocycles. The van der Waals surface area contributed by atoms with Crippen LogP contribution in [0.3, 0.4) is 0 Å². The van der Waals surface area contributed by atoms with Gasteiger partial charge in [-0.3, -0.25) is 0 Å². The van der Waals surface area contributed by atoms with Gasteiger partial charge in [-0.1, -0.05) is 5.10 Å². The maximum Gasteiger partial charge on any atom is 0.385 e. The third-order valence-electron chi connectivity index (χ3n) is 2.70. The van der Waals surface area contributed by atoms with Gasteiger partial charge in [0, 0.05) is 0 Å². The molecule has 16 heavy (non-hydrogen) atoms. The molecule has 1 fully saturated rings. The Balaban J connectivity index is 1.88. The molecule has 0 spiro atoms. The molecule has 88 valence electrons. The van der Waals surface area contributed by atoms with E-state index in [-0.39, 0.29) is 11.6 Å². The average Bonchev–Trinajstić information content (AvgIpc) is 2.76. The fourth-order valence-electron chi connectivity index (χ4n) is 1.76. The molecule has 2 N–H and O–H groups in total. The largest absolute Gasteiger partial charge is 0.484 e. The molecule has 0 radical (unpaired) electrons. The lowest BCUT2D eigenvalue weighted by Crippen LogP contribution is -2.30. The highest BCUT2D eigenvalue weighted by molar-refractivity contribution is 5.36. The molecule has 0 bridgehead atoms. The molecule has 7 heteroatoms. The Morgan fingerprint density at radius 2 is 2.31 bits per heavy atom. The zero-order chi connectivity index (χ0) is 11.4. The fourth-order valence-corrected chi connectivity index (χ4v) is 1.76. The Bertz CT molecular complexity index is 359. The van der Waals surface area contributed by atoms with E-state index in [4.69, 9.17) is 4.74 Å². The molecular weight excluding hydrogens is 212 g/mol. The first-order valence-corrected chi connectivity index (χ1v) is 5.28. The molecule has 1 aliphatic heterocycles. The summed E-state index contributed by atoms with van der Waals surface area (Å²) in [6.07, 6.45) is 3.44. The number of nitrogens with zero attached hydrogens (tertiary/aromatic N) is 2. The minimum Gasteiger partial charge on any atom is -0.484 e. The molecule has 1 aliphatic rings. The van der Waals surface area contributed by atoms with Gasteiger partial charge in [-0.25, -0.2) is 0 Å². The maximum absolute atomic E-state index is 10.6. The van der Waals surface area contributed by atoms with E-state index in [1.807, 2.05) is 0 Å². The van der Waals surface area contributed by atoms with Crippen molar-refractivity contribution < 1.29 is 9.66 Å². The van der Waals surface area contributed by atoms with Crippen LogP contribution in [-0.4, -0.2) is 34.8 Å². The summed E-state index contributed by atoms with van der Waals surface area (Å²) in [6, 6.07) is 0. The van der Waals surface area contributed by atoms with Crippen molar-refractivity contribution in [1.29, 1.82) is 0 Å². The molecule has 0 atom stereocenters. The molecule has 0 amide bonds.